The molecule has 2 aromatic rings. The number of carbonyl (C=O) groups is 2. The molecule has 2 amide bonds. The van der Waals surface area contributed by atoms with Crippen LogP contribution in [0.2, 0.25) is 0 Å². The van der Waals surface area contributed by atoms with E-state index in [2.05, 4.69) is 24.5 Å². The van der Waals surface area contributed by atoms with Crippen LogP contribution in [0, 0.1) is 11.8 Å². The van der Waals surface area contributed by atoms with Gasteiger partial charge in [-0.1, -0.05) is 51.0 Å². The molecule has 2 aromatic carbocycles. The van der Waals surface area contributed by atoms with Gasteiger partial charge in [-0.25, -0.2) is 9.59 Å². The topological polar surface area (TPSA) is 76.7 Å². The zero-order valence-corrected chi connectivity index (χ0v) is 20.9. The number of carbonyl (C=O) groups excluding carboxylic acids is 2. The van der Waals surface area contributed by atoms with Crippen LogP contribution in [0.25, 0.3) is 0 Å². The third kappa shape index (κ3) is 7.48. The fourth-order valence-electron chi connectivity index (χ4n) is 5.13. The van der Waals surface area contributed by atoms with Crippen LogP contribution in [0.1, 0.15) is 76.3 Å². The molecule has 0 aliphatic heterocycles. The Morgan fingerprint density at radius 3 is 1.40 bits per heavy atom. The van der Waals surface area contributed by atoms with E-state index in [1.54, 1.807) is 0 Å². The lowest BCUT2D eigenvalue weighted by Gasteiger charge is -2.28. The standard InChI is InChI=1S/C29H38N2O4/c1-20-7-3-5-9-26(20)34-28(32)30-24-15-11-22(12-16-24)19-23-13-17-25(18-14-23)31-29(33)35-27-10-6-4-8-21(27)2/h11-18,20-21,26-27H,3-10,19H2,1-2H3,(H,30,32)(H,31,33)/t20-,21+,26-,27-/m1/s1. The molecule has 2 aliphatic carbocycles. The first-order valence-electron chi connectivity index (χ1n) is 13.1. The van der Waals surface area contributed by atoms with Gasteiger partial charge >= 0.3 is 12.2 Å². The summed E-state index contributed by atoms with van der Waals surface area (Å²) < 4.78 is 11.3. The molecule has 4 rings (SSSR count). The molecular formula is C29H38N2O4. The largest absolute Gasteiger partial charge is 0.446 e. The Kier molecular flexibility index (Phi) is 8.67. The maximum Gasteiger partial charge on any atom is 0.411 e. The van der Waals surface area contributed by atoms with Gasteiger partial charge in [0.05, 0.1) is 0 Å². The fraction of sp³-hybridized carbons (Fsp3) is 0.517. The number of anilines is 2. The molecule has 0 bridgehead atoms. The lowest BCUT2D eigenvalue weighted by molar-refractivity contribution is 0.0520. The van der Waals surface area contributed by atoms with Crippen molar-refractivity contribution in [3.8, 4) is 0 Å². The summed E-state index contributed by atoms with van der Waals surface area (Å²) in [5.74, 6) is 0.842. The average molecular weight is 479 g/mol. The van der Waals surface area contributed by atoms with Crippen LogP contribution < -0.4 is 10.6 Å². The average Bonchev–Trinajstić information content (AvgIpc) is 2.84. The monoisotopic (exact) mass is 478 g/mol. The minimum Gasteiger partial charge on any atom is -0.446 e. The van der Waals surface area contributed by atoms with Crippen molar-refractivity contribution in [3.63, 3.8) is 0 Å². The van der Waals surface area contributed by atoms with Gasteiger partial charge in [0, 0.05) is 11.4 Å². The number of ether oxygens (including phenoxy) is 2. The van der Waals surface area contributed by atoms with Gasteiger partial charge in [-0.15, -0.1) is 0 Å². The van der Waals surface area contributed by atoms with Gasteiger partial charge in [0.1, 0.15) is 12.2 Å². The Morgan fingerprint density at radius 2 is 1.03 bits per heavy atom. The molecule has 2 N–H and O–H groups in total. The molecule has 2 fully saturated rings. The lowest BCUT2D eigenvalue weighted by atomic mass is 9.88. The Hall–Kier alpha value is -3.02. The number of hydrogen-bond donors (Lipinski definition) is 2. The summed E-state index contributed by atoms with van der Waals surface area (Å²) in [4.78, 5) is 24.5. The molecule has 0 aromatic heterocycles. The maximum atomic E-state index is 12.3. The zero-order valence-electron chi connectivity index (χ0n) is 20.9. The van der Waals surface area contributed by atoms with E-state index in [0.717, 1.165) is 67.4 Å². The van der Waals surface area contributed by atoms with Crippen LogP contribution in [0.4, 0.5) is 21.0 Å². The van der Waals surface area contributed by atoms with Crippen molar-refractivity contribution in [2.75, 3.05) is 10.6 Å². The molecule has 35 heavy (non-hydrogen) atoms. The van der Waals surface area contributed by atoms with Crippen LogP contribution in [-0.2, 0) is 15.9 Å². The third-order valence-electron chi connectivity index (χ3n) is 7.39. The van der Waals surface area contributed by atoms with E-state index in [-0.39, 0.29) is 24.4 Å². The summed E-state index contributed by atoms with van der Waals surface area (Å²) >= 11 is 0. The minimum atomic E-state index is -0.379. The number of nitrogens with one attached hydrogen (secondary N) is 2. The second-order valence-corrected chi connectivity index (χ2v) is 10.2. The fourth-order valence-corrected chi connectivity index (χ4v) is 5.13. The molecule has 6 heteroatoms. The predicted octanol–water partition coefficient (Wildman–Crippen LogP) is 7.53. The number of benzene rings is 2. The van der Waals surface area contributed by atoms with Crippen molar-refractivity contribution < 1.29 is 19.1 Å². The number of rotatable bonds is 6. The van der Waals surface area contributed by atoms with Gasteiger partial charge in [-0.05, 0) is 92.2 Å². The minimum absolute atomic E-state index is 0.0122. The summed E-state index contributed by atoms with van der Waals surface area (Å²) in [5.41, 5.74) is 3.73. The predicted molar refractivity (Wildman–Crippen MR) is 139 cm³/mol. The van der Waals surface area contributed by atoms with Crippen molar-refractivity contribution in [2.45, 2.75) is 83.8 Å². The van der Waals surface area contributed by atoms with Gasteiger partial charge in [0.25, 0.3) is 0 Å². The normalized spacial score (nSPS) is 24.3. The van der Waals surface area contributed by atoms with Crippen LogP contribution in [0.3, 0.4) is 0 Å². The zero-order chi connectivity index (χ0) is 24.6. The molecule has 188 valence electrons. The van der Waals surface area contributed by atoms with E-state index >= 15 is 0 Å². The summed E-state index contributed by atoms with van der Waals surface area (Å²) in [6.07, 6.45) is 8.84. The molecular weight excluding hydrogens is 440 g/mol. The van der Waals surface area contributed by atoms with Crippen LogP contribution in [0.15, 0.2) is 48.5 Å². The highest BCUT2D eigenvalue weighted by molar-refractivity contribution is 5.85. The first kappa shape index (κ1) is 25.1. The second-order valence-electron chi connectivity index (χ2n) is 10.2. The molecule has 0 radical (unpaired) electrons. The highest BCUT2D eigenvalue weighted by atomic mass is 16.6. The maximum absolute atomic E-state index is 12.3. The first-order valence-corrected chi connectivity index (χ1v) is 13.1. The Balaban J connectivity index is 1.23. The Labute approximate surface area is 208 Å². The highest BCUT2D eigenvalue weighted by Crippen LogP contribution is 2.28. The number of amides is 2. The molecule has 0 spiro atoms. The van der Waals surface area contributed by atoms with Crippen molar-refractivity contribution in [1.82, 2.24) is 0 Å². The quantitative estimate of drug-likeness (QED) is 0.450. The van der Waals surface area contributed by atoms with Crippen molar-refractivity contribution in [1.29, 1.82) is 0 Å². The summed E-state index contributed by atoms with van der Waals surface area (Å²) in [5, 5.41) is 5.69. The lowest BCUT2D eigenvalue weighted by Crippen LogP contribution is -2.30. The van der Waals surface area contributed by atoms with Crippen LogP contribution in [0.5, 0.6) is 0 Å². The van der Waals surface area contributed by atoms with Crippen molar-refractivity contribution >= 4 is 23.6 Å². The highest BCUT2D eigenvalue weighted by Gasteiger charge is 2.25. The summed E-state index contributed by atoms with van der Waals surface area (Å²) in [7, 11) is 0. The molecule has 2 saturated carbocycles. The molecule has 0 heterocycles. The van der Waals surface area contributed by atoms with Crippen molar-refractivity contribution in [2.24, 2.45) is 11.8 Å². The van der Waals surface area contributed by atoms with E-state index < -0.39 is 0 Å². The molecule has 6 nitrogen and oxygen atoms in total. The first-order chi connectivity index (χ1) is 17.0. The second kappa shape index (κ2) is 12.1. The SMILES string of the molecule is C[C@@H]1CCCC[C@H]1OC(=O)Nc1ccc(Cc2ccc(NC(=O)O[C@@H]3CCCC[C@@H]3C)cc2)cc1. The van der Waals surface area contributed by atoms with E-state index in [1.165, 1.54) is 12.8 Å². The van der Waals surface area contributed by atoms with Crippen molar-refractivity contribution in [3.05, 3.63) is 59.7 Å². The molecule has 2 aliphatic rings. The number of hydrogen-bond acceptors (Lipinski definition) is 4. The van der Waals surface area contributed by atoms with Gasteiger partial charge in [-0.2, -0.15) is 0 Å². The van der Waals surface area contributed by atoms with Crippen LogP contribution >= 0.6 is 0 Å². The van der Waals surface area contributed by atoms with E-state index in [1.807, 2.05) is 48.5 Å². The van der Waals surface area contributed by atoms with E-state index in [0.29, 0.717) is 11.8 Å². The Bertz CT molecular complexity index is 894. The molecule has 4 atom stereocenters. The summed E-state index contributed by atoms with van der Waals surface area (Å²) in [6.45, 7) is 4.30. The van der Waals surface area contributed by atoms with Gasteiger partial charge in [0.2, 0.25) is 0 Å². The molecule has 0 unspecified atom stereocenters. The smallest absolute Gasteiger partial charge is 0.411 e. The Morgan fingerprint density at radius 1 is 0.657 bits per heavy atom. The van der Waals surface area contributed by atoms with Gasteiger partial charge in [-0.3, -0.25) is 10.6 Å². The van der Waals surface area contributed by atoms with Crippen LogP contribution in [-0.4, -0.2) is 24.4 Å². The van der Waals surface area contributed by atoms with Gasteiger partial charge in [0.15, 0.2) is 0 Å². The van der Waals surface area contributed by atoms with E-state index in [4.69, 9.17) is 9.47 Å². The van der Waals surface area contributed by atoms with Gasteiger partial charge < -0.3 is 9.47 Å². The molecule has 0 saturated heterocycles. The summed E-state index contributed by atoms with van der Waals surface area (Å²) in [6, 6.07) is 15.6. The van der Waals surface area contributed by atoms with E-state index in [9.17, 15) is 9.59 Å². The third-order valence-corrected chi connectivity index (χ3v) is 7.39.